The van der Waals surface area contributed by atoms with Gasteiger partial charge in [-0.3, -0.25) is 4.79 Å². The lowest BCUT2D eigenvalue weighted by molar-refractivity contribution is -0.144. The number of urea groups is 1. The molecule has 1 aromatic rings. The number of sulfonamides is 1. The zero-order valence-electron chi connectivity index (χ0n) is 19.9. The molecule has 4 saturated carbocycles. The summed E-state index contributed by atoms with van der Waals surface area (Å²) in [5, 5.41) is 6.02. The molecule has 0 atom stereocenters. The van der Waals surface area contributed by atoms with E-state index < -0.39 is 16.0 Å². The molecule has 10 heteroatoms. The predicted molar refractivity (Wildman–Crippen MR) is 126 cm³/mol. The molecular formula is C24H35N3O6S. The summed E-state index contributed by atoms with van der Waals surface area (Å²) in [5.74, 6) is 2.34. The molecule has 9 nitrogen and oxygen atoms in total. The standard InChI is InChI=1S/C24H35N3O6S/c1-27(2)34(30,31)21-5-3-20(4-6-21)32-9-10-33-22(28)7-8-25-23(29)26-24-14-17-11-18(15-24)13-19(12-17)16-24/h3-6,17-19H,7-16H2,1-2H3,(H2,25,26,29). The molecular weight excluding hydrogens is 458 g/mol. The number of hydrogen-bond donors (Lipinski definition) is 2. The zero-order valence-corrected chi connectivity index (χ0v) is 20.7. The first-order chi connectivity index (χ1) is 16.1. The number of hydrogen-bond acceptors (Lipinski definition) is 6. The minimum atomic E-state index is -3.48. The maximum atomic E-state index is 12.4. The normalized spacial score (nSPS) is 27.4. The van der Waals surface area contributed by atoms with Gasteiger partial charge in [0.05, 0.1) is 11.3 Å². The summed E-state index contributed by atoms with van der Waals surface area (Å²) in [6, 6.07) is 5.86. The summed E-state index contributed by atoms with van der Waals surface area (Å²) < 4.78 is 35.9. The van der Waals surface area contributed by atoms with Gasteiger partial charge in [-0.15, -0.1) is 0 Å². The van der Waals surface area contributed by atoms with E-state index in [1.165, 1.54) is 45.5 Å². The van der Waals surface area contributed by atoms with E-state index >= 15 is 0 Å². The van der Waals surface area contributed by atoms with Crippen molar-refractivity contribution in [2.75, 3.05) is 33.9 Å². The number of ether oxygens (including phenoxy) is 2. The predicted octanol–water partition coefficient (Wildman–Crippen LogP) is 2.52. The van der Waals surface area contributed by atoms with Gasteiger partial charge in [-0.1, -0.05) is 0 Å². The maximum absolute atomic E-state index is 12.4. The van der Waals surface area contributed by atoms with Crippen molar-refractivity contribution in [1.82, 2.24) is 14.9 Å². The first-order valence-electron chi connectivity index (χ1n) is 12.0. The van der Waals surface area contributed by atoms with Gasteiger partial charge in [0, 0.05) is 26.2 Å². The molecule has 0 saturated heterocycles. The molecule has 2 N–H and O–H groups in total. The average Bonchev–Trinajstić information content (AvgIpc) is 2.75. The molecule has 34 heavy (non-hydrogen) atoms. The molecule has 0 aliphatic heterocycles. The molecule has 0 heterocycles. The molecule has 1 aromatic carbocycles. The highest BCUT2D eigenvalue weighted by molar-refractivity contribution is 7.89. The summed E-state index contributed by atoms with van der Waals surface area (Å²) >= 11 is 0. The molecule has 4 fully saturated rings. The van der Waals surface area contributed by atoms with Gasteiger partial charge in [-0.25, -0.2) is 17.5 Å². The summed E-state index contributed by atoms with van der Waals surface area (Å²) in [4.78, 5) is 24.5. The molecule has 4 aliphatic rings. The van der Waals surface area contributed by atoms with Crippen molar-refractivity contribution in [3.63, 3.8) is 0 Å². The molecule has 4 aliphatic carbocycles. The van der Waals surface area contributed by atoms with E-state index in [0.717, 1.165) is 41.3 Å². The Bertz CT molecular complexity index is 957. The third kappa shape index (κ3) is 5.83. The Balaban J connectivity index is 1.10. The van der Waals surface area contributed by atoms with Gasteiger partial charge in [0.2, 0.25) is 10.0 Å². The summed E-state index contributed by atoms with van der Waals surface area (Å²) in [5.41, 5.74) is -0.0501. The van der Waals surface area contributed by atoms with Gasteiger partial charge >= 0.3 is 12.0 Å². The van der Waals surface area contributed by atoms with Gasteiger partial charge in [-0.05, 0) is 80.5 Å². The number of esters is 1. The summed E-state index contributed by atoms with van der Waals surface area (Å²) in [7, 11) is -0.542. The van der Waals surface area contributed by atoms with Crippen molar-refractivity contribution in [3.05, 3.63) is 24.3 Å². The van der Waals surface area contributed by atoms with E-state index in [4.69, 9.17) is 9.47 Å². The number of nitrogens with one attached hydrogen (secondary N) is 2. The fourth-order valence-electron chi connectivity index (χ4n) is 6.13. The Hall–Kier alpha value is -2.33. The van der Waals surface area contributed by atoms with E-state index in [1.807, 2.05) is 0 Å². The van der Waals surface area contributed by atoms with Crippen LogP contribution in [0.25, 0.3) is 0 Å². The Morgan fingerprint density at radius 1 is 1.00 bits per heavy atom. The monoisotopic (exact) mass is 493 g/mol. The number of amides is 2. The Kier molecular flexibility index (Phi) is 7.37. The van der Waals surface area contributed by atoms with Crippen molar-refractivity contribution in [1.29, 1.82) is 0 Å². The van der Waals surface area contributed by atoms with E-state index in [0.29, 0.717) is 5.75 Å². The number of carbonyl (C=O) groups excluding carboxylic acids is 2. The van der Waals surface area contributed by atoms with E-state index in [1.54, 1.807) is 12.1 Å². The Morgan fingerprint density at radius 2 is 1.59 bits per heavy atom. The lowest BCUT2D eigenvalue weighted by Gasteiger charge is -2.56. The van der Waals surface area contributed by atoms with Crippen LogP contribution >= 0.6 is 0 Å². The van der Waals surface area contributed by atoms with Crippen LogP contribution in [0.4, 0.5) is 4.79 Å². The van der Waals surface area contributed by atoms with Gasteiger partial charge < -0.3 is 20.1 Å². The first-order valence-corrected chi connectivity index (χ1v) is 13.5. The van der Waals surface area contributed by atoms with Crippen molar-refractivity contribution >= 4 is 22.0 Å². The average molecular weight is 494 g/mol. The van der Waals surface area contributed by atoms with Crippen LogP contribution in [0.3, 0.4) is 0 Å². The fraction of sp³-hybridized carbons (Fsp3) is 0.667. The highest BCUT2D eigenvalue weighted by Gasteiger charge is 2.51. The van der Waals surface area contributed by atoms with Crippen LogP contribution in [0.15, 0.2) is 29.2 Å². The van der Waals surface area contributed by atoms with Gasteiger partial charge in [0.1, 0.15) is 19.0 Å². The molecule has 0 radical (unpaired) electrons. The minimum Gasteiger partial charge on any atom is -0.490 e. The fourth-order valence-corrected chi connectivity index (χ4v) is 7.03. The second-order valence-electron chi connectivity index (χ2n) is 10.2. The highest BCUT2D eigenvalue weighted by atomic mass is 32.2. The highest BCUT2D eigenvalue weighted by Crippen LogP contribution is 2.55. The molecule has 188 valence electrons. The third-order valence-electron chi connectivity index (χ3n) is 7.25. The molecule has 0 spiro atoms. The maximum Gasteiger partial charge on any atom is 0.315 e. The minimum absolute atomic E-state index is 0.0501. The smallest absolute Gasteiger partial charge is 0.315 e. The van der Waals surface area contributed by atoms with E-state index in [-0.39, 0.29) is 42.6 Å². The van der Waals surface area contributed by atoms with Gasteiger partial charge in [0.25, 0.3) is 0 Å². The van der Waals surface area contributed by atoms with Crippen LogP contribution in [0, 0.1) is 17.8 Å². The summed E-state index contributed by atoms with van der Waals surface area (Å²) in [6.45, 7) is 0.432. The lowest BCUT2D eigenvalue weighted by atomic mass is 9.53. The molecule has 0 unspecified atom stereocenters. The quantitative estimate of drug-likeness (QED) is 0.382. The van der Waals surface area contributed by atoms with Crippen LogP contribution in [0.1, 0.15) is 44.9 Å². The second-order valence-corrected chi connectivity index (χ2v) is 12.3. The molecule has 0 aromatic heterocycles. The first kappa shape index (κ1) is 24.8. The van der Waals surface area contributed by atoms with E-state index in [9.17, 15) is 18.0 Å². The van der Waals surface area contributed by atoms with Crippen LogP contribution in [0.2, 0.25) is 0 Å². The second kappa shape index (κ2) is 10.1. The van der Waals surface area contributed by atoms with Crippen LogP contribution < -0.4 is 15.4 Å². The summed E-state index contributed by atoms with van der Waals surface area (Å²) in [6.07, 6.45) is 7.31. The number of carbonyl (C=O) groups is 2. The van der Waals surface area contributed by atoms with Gasteiger partial charge in [-0.2, -0.15) is 0 Å². The van der Waals surface area contributed by atoms with Crippen molar-refractivity contribution in [3.8, 4) is 5.75 Å². The third-order valence-corrected chi connectivity index (χ3v) is 9.08. The van der Waals surface area contributed by atoms with Gasteiger partial charge in [0.15, 0.2) is 0 Å². The molecule has 5 rings (SSSR count). The zero-order chi connectivity index (χ0) is 24.3. The lowest BCUT2D eigenvalue weighted by Crippen LogP contribution is -2.61. The van der Waals surface area contributed by atoms with Crippen LogP contribution in [0.5, 0.6) is 5.75 Å². The van der Waals surface area contributed by atoms with E-state index in [2.05, 4.69) is 10.6 Å². The Morgan fingerprint density at radius 3 is 2.15 bits per heavy atom. The number of benzene rings is 1. The topological polar surface area (TPSA) is 114 Å². The van der Waals surface area contributed by atoms with Crippen molar-refractivity contribution in [2.45, 2.75) is 55.4 Å². The van der Waals surface area contributed by atoms with Crippen LogP contribution in [-0.2, 0) is 19.6 Å². The van der Waals surface area contributed by atoms with Crippen molar-refractivity contribution in [2.24, 2.45) is 17.8 Å². The Labute approximate surface area is 201 Å². The molecule has 4 bridgehead atoms. The largest absolute Gasteiger partial charge is 0.490 e. The number of nitrogens with zero attached hydrogens (tertiary/aromatic N) is 1. The number of rotatable bonds is 10. The molecule has 2 amide bonds. The van der Waals surface area contributed by atoms with Crippen molar-refractivity contribution < 1.29 is 27.5 Å². The van der Waals surface area contributed by atoms with Crippen LogP contribution in [-0.4, -0.2) is 64.1 Å². The SMILES string of the molecule is CN(C)S(=O)(=O)c1ccc(OCCOC(=O)CCNC(=O)NC23CC4CC(CC(C4)C2)C3)cc1.